The lowest BCUT2D eigenvalue weighted by molar-refractivity contribution is 0.369. The summed E-state index contributed by atoms with van der Waals surface area (Å²) in [6.07, 6.45) is 5.19. The average molecular weight is 230 g/mol. The Hall–Kier alpha value is -0.680. The normalized spacial score (nSPS) is 9.29. The maximum Gasteiger partial charge on any atom is 0.0599 e. The zero-order chi connectivity index (χ0) is 9.68. The van der Waals surface area contributed by atoms with Crippen LogP contribution in [0.1, 0.15) is 5.56 Å². The molecule has 0 spiro atoms. The molecule has 0 aliphatic heterocycles. The second kappa shape index (κ2) is 6.73. The molecular weight excluding hydrogens is 217 g/mol. The molecule has 1 aromatic carbocycles. The summed E-state index contributed by atoms with van der Waals surface area (Å²) in [6, 6.07) is 7.80. The van der Waals surface area contributed by atoms with Crippen molar-refractivity contribution in [1.29, 1.82) is 0 Å². The first-order valence-corrected chi connectivity index (χ1v) is 4.46. The van der Waals surface area contributed by atoms with Crippen LogP contribution in [0.15, 0.2) is 24.3 Å². The van der Waals surface area contributed by atoms with Crippen molar-refractivity contribution in [1.82, 2.24) is 4.90 Å². The molecule has 1 aromatic rings. The van der Waals surface area contributed by atoms with Crippen LogP contribution >= 0.6 is 24.0 Å². The lowest BCUT2D eigenvalue weighted by Crippen LogP contribution is -2.17. The Labute approximate surface area is 96.5 Å². The van der Waals surface area contributed by atoms with Crippen molar-refractivity contribution in [3.8, 4) is 12.3 Å². The molecule has 76 valence electrons. The highest BCUT2D eigenvalue weighted by molar-refractivity contribution is 6.30. The fourth-order valence-corrected chi connectivity index (χ4v) is 1.24. The molecule has 0 heterocycles. The molecule has 0 N–H and O–H groups in total. The minimum Gasteiger partial charge on any atom is -0.291 e. The van der Waals surface area contributed by atoms with E-state index in [2.05, 4.69) is 10.8 Å². The molecule has 0 fully saturated rings. The third-order valence-corrected chi connectivity index (χ3v) is 1.98. The molecule has 0 amide bonds. The number of halogens is 2. The third-order valence-electron chi connectivity index (χ3n) is 1.73. The minimum absolute atomic E-state index is 0. The van der Waals surface area contributed by atoms with Crippen LogP contribution in [0, 0.1) is 12.3 Å². The fourth-order valence-electron chi connectivity index (χ4n) is 1.11. The Kier molecular flexibility index (Phi) is 6.40. The summed E-state index contributed by atoms with van der Waals surface area (Å²) in [5.74, 6) is 2.60. The summed E-state index contributed by atoms with van der Waals surface area (Å²) >= 11 is 5.76. The van der Waals surface area contributed by atoms with Crippen LogP contribution in [0.25, 0.3) is 0 Å². The Morgan fingerprint density at radius 2 is 1.93 bits per heavy atom. The largest absolute Gasteiger partial charge is 0.291 e. The highest BCUT2D eigenvalue weighted by Crippen LogP contribution is 2.10. The smallest absolute Gasteiger partial charge is 0.0599 e. The van der Waals surface area contributed by atoms with E-state index >= 15 is 0 Å². The topological polar surface area (TPSA) is 3.24 Å². The first-order valence-electron chi connectivity index (χ1n) is 4.09. The average Bonchev–Trinajstić information content (AvgIpc) is 2.09. The Balaban J connectivity index is 0.00000169. The van der Waals surface area contributed by atoms with E-state index in [1.165, 1.54) is 5.56 Å². The molecular formula is C11H13Cl2N. The lowest BCUT2D eigenvalue weighted by atomic mass is 10.2. The molecule has 0 bridgehead atoms. The molecule has 0 aromatic heterocycles. The Morgan fingerprint density at radius 1 is 1.36 bits per heavy atom. The SMILES string of the molecule is C#CCN(C)Cc1ccc(Cl)cc1.Cl. The molecule has 0 aliphatic carbocycles. The number of hydrogen-bond acceptors (Lipinski definition) is 1. The van der Waals surface area contributed by atoms with Gasteiger partial charge < -0.3 is 0 Å². The predicted molar refractivity (Wildman–Crippen MR) is 63.9 cm³/mol. The molecule has 0 aliphatic rings. The van der Waals surface area contributed by atoms with Gasteiger partial charge in [-0.05, 0) is 24.7 Å². The fraction of sp³-hybridized carbons (Fsp3) is 0.273. The third kappa shape index (κ3) is 4.53. The van der Waals surface area contributed by atoms with Gasteiger partial charge in [0.15, 0.2) is 0 Å². The molecule has 0 atom stereocenters. The molecule has 0 saturated carbocycles. The van der Waals surface area contributed by atoms with Gasteiger partial charge in [-0.25, -0.2) is 0 Å². The molecule has 0 unspecified atom stereocenters. The molecule has 14 heavy (non-hydrogen) atoms. The van der Waals surface area contributed by atoms with Crippen LogP contribution in [0.4, 0.5) is 0 Å². The molecule has 0 saturated heterocycles. The van der Waals surface area contributed by atoms with Gasteiger partial charge in [-0.15, -0.1) is 18.8 Å². The summed E-state index contributed by atoms with van der Waals surface area (Å²) in [5, 5.41) is 0.767. The number of terminal acetylenes is 1. The highest BCUT2D eigenvalue weighted by Gasteiger charge is 1.97. The molecule has 1 nitrogen and oxygen atoms in total. The van der Waals surface area contributed by atoms with Gasteiger partial charge in [0.2, 0.25) is 0 Å². The van der Waals surface area contributed by atoms with Gasteiger partial charge in [0.05, 0.1) is 6.54 Å². The first kappa shape index (κ1) is 13.3. The molecule has 3 heteroatoms. The number of hydrogen-bond donors (Lipinski definition) is 0. The van der Waals surface area contributed by atoms with Gasteiger partial charge in [0, 0.05) is 11.6 Å². The van der Waals surface area contributed by atoms with E-state index in [0.717, 1.165) is 11.6 Å². The standard InChI is InChI=1S/C11H12ClN.ClH/c1-3-8-13(2)9-10-4-6-11(12)7-5-10;/h1,4-7H,8-9H2,2H3;1H. The second-order valence-electron chi connectivity index (χ2n) is 3.00. The lowest BCUT2D eigenvalue weighted by Gasteiger charge is -2.12. The van der Waals surface area contributed by atoms with Crippen molar-refractivity contribution in [3.05, 3.63) is 34.9 Å². The van der Waals surface area contributed by atoms with Crippen LogP contribution in [0.5, 0.6) is 0 Å². The van der Waals surface area contributed by atoms with Crippen molar-refractivity contribution in [3.63, 3.8) is 0 Å². The Morgan fingerprint density at radius 3 is 2.43 bits per heavy atom. The maximum atomic E-state index is 5.76. The molecule has 0 radical (unpaired) electrons. The van der Waals surface area contributed by atoms with Gasteiger partial charge in [0.1, 0.15) is 0 Å². The zero-order valence-corrected chi connectivity index (χ0v) is 9.61. The zero-order valence-electron chi connectivity index (χ0n) is 8.03. The predicted octanol–water partition coefficient (Wildman–Crippen LogP) is 2.83. The van der Waals surface area contributed by atoms with Crippen molar-refractivity contribution >= 4 is 24.0 Å². The van der Waals surface area contributed by atoms with E-state index in [4.69, 9.17) is 18.0 Å². The number of nitrogens with zero attached hydrogens (tertiary/aromatic N) is 1. The van der Waals surface area contributed by atoms with E-state index in [-0.39, 0.29) is 12.4 Å². The summed E-state index contributed by atoms with van der Waals surface area (Å²) < 4.78 is 0. The van der Waals surface area contributed by atoms with Crippen molar-refractivity contribution in [2.45, 2.75) is 6.54 Å². The monoisotopic (exact) mass is 229 g/mol. The number of benzene rings is 1. The van der Waals surface area contributed by atoms with Gasteiger partial charge >= 0.3 is 0 Å². The van der Waals surface area contributed by atoms with E-state index in [0.29, 0.717) is 6.54 Å². The van der Waals surface area contributed by atoms with Crippen LogP contribution in [-0.4, -0.2) is 18.5 Å². The van der Waals surface area contributed by atoms with Crippen molar-refractivity contribution in [2.24, 2.45) is 0 Å². The van der Waals surface area contributed by atoms with Crippen molar-refractivity contribution < 1.29 is 0 Å². The second-order valence-corrected chi connectivity index (χ2v) is 3.44. The molecule has 1 rings (SSSR count). The quantitative estimate of drug-likeness (QED) is 0.721. The highest BCUT2D eigenvalue weighted by atomic mass is 35.5. The summed E-state index contributed by atoms with van der Waals surface area (Å²) in [6.45, 7) is 1.53. The van der Waals surface area contributed by atoms with E-state index < -0.39 is 0 Å². The van der Waals surface area contributed by atoms with Crippen LogP contribution in [0.3, 0.4) is 0 Å². The van der Waals surface area contributed by atoms with Crippen LogP contribution in [0.2, 0.25) is 5.02 Å². The van der Waals surface area contributed by atoms with E-state index in [9.17, 15) is 0 Å². The van der Waals surface area contributed by atoms with Crippen molar-refractivity contribution in [2.75, 3.05) is 13.6 Å². The Bertz CT molecular complexity index is 300. The van der Waals surface area contributed by atoms with E-state index in [1.54, 1.807) is 0 Å². The summed E-state index contributed by atoms with van der Waals surface area (Å²) in [7, 11) is 1.99. The minimum atomic E-state index is 0. The van der Waals surface area contributed by atoms with Crippen LogP contribution in [-0.2, 0) is 6.54 Å². The maximum absolute atomic E-state index is 5.76. The van der Waals surface area contributed by atoms with E-state index in [1.807, 2.05) is 31.3 Å². The van der Waals surface area contributed by atoms with Crippen LogP contribution < -0.4 is 0 Å². The summed E-state index contributed by atoms with van der Waals surface area (Å²) in [4.78, 5) is 2.07. The van der Waals surface area contributed by atoms with Gasteiger partial charge in [-0.1, -0.05) is 29.7 Å². The summed E-state index contributed by atoms with van der Waals surface area (Å²) in [5.41, 5.74) is 1.22. The van der Waals surface area contributed by atoms with Gasteiger partial charge in [-0.3, -0.25) is 4.90 Å². The van der Waals surface area contributed by atoms with Gasteiger partial charge in [-0.2, -0.15) is 0 Å². The first-order chi connectivity index (χ1) is 6.22. The number of rotatable bonds is 3. The van der Waals surface area contributed by atoms with Gasteiger partial charge in [0.25, 0.3) is 0 Å².